The minimum absolute atomic E-state index is 0.441. The Bertz CT molecular complexity index is 371. The molecule has 14 heavy (non-hydrogen) atoms. The van der Waals surface area contributed by atoms with Gasteiger partial charge < -0.3 is 4.42 Å². The van der Waals surface area contributed by atoms with Crippen molar-refractivity contribution in [3.8, 4) is 0 Å². The lowest BCUT2D eigenvalue weighted by atomic mass is 10.1. The van der Waals surface area contributed by atoms with Crippen LogP contribution in [0, 0.1) is 0 Å². The van der Waals surface area contributed by atoms with Gasteiger partial charge in [-0.3, -0.25) is 11.3 Å². The van der Waals surface area contributed by atoms with Crippen molar-refractivity contribution >= 4 is 9.84 Å². The molecule has 0 spiro atoms. The van der Waals surface area contributed by atoms with E-state index in [2.05, 4.69) is 5.43 Å². The quantitative estimate of drug-likeness (QED) is 0.557. The van der Waals surface area contributed by atoms with E-state index in [1.54, 1.807) is 13.0 Å². The van der Waals surface area contributed by atoms with Gasteiger partial charge in [-0.2, -0.15) is 0 Å². The fraction of sp³-hybridized carbons (Fsp3) is 0.500. The SMILES string of the molecule is CC(C(NN)c1ccoc1)S(C)(=O)=O. The summed E-state index contributed by atoms with van der Waals surface area (Å²) in [4.78, 5) is 0. The van der Waals surface area contributed by atoms with Gasteiger partial charge in [0.1, 0.15) is 0 Å². The maximum atomic E-state index is 11.3. The van der Waals surface area contributed by atoms with Crippen LogP contribution in [0.15, 0.2) is 23.0 Å². The maximum Gasteiger partial charge on any atom is 0.151 e. The zero-order valence-corrected chi connectivity index (χ0v) is 8.91. The molecule has 3 N–H and O–H groups in total. The molecule has 0 radical (unpaired) electrons. The van der Waals surface area contributed by atoms with Gasteiger partial charge in [0.25, 0.3) is 0 Å². The molecule has 0 fully saturated rings. The highest BCUT2D eigenvalue weighted by atomic mass is 32.2. The number of rotatable bonds is 4. The second kappa shape index (κ2) is 4.12. The van der Waals surface area contributed by atoms with Gasteiger partial charge in [0.15, 0.2) is 9.84 Å². The van der Waals surface area contributed by atoms with E-state index in [9.17, 15) is 8.42 Å². The summed E-state index contributed by atoms with van der Waals surface area (Å²) in [5, 5.41) is -0.592. The van der Waals surface area contributed by atoms with Gasteiger partial charge in [0.2, 0.25) is 0 Å². The summed E-state index contributed by atoms with van der Waals surface area (Å²) < 4.78 is 27.5. The van der Waals surface area contributed by atoms with Crippen LogP contribution in [0.5, 0.6) is 0 Å². The van der Waals surface area contributed by atoms with E-state index in [1.165, 1.54) is 18.8 Å². The Kier molecular flexibility index (Phi) is 3.30. The van der Waals surface area contributed by atoms with Crippen LogP contribution >= 0.6 is 0 Å². The molecule has 0 aliphatic rings. The lowest BCUT2D eigenvalue weighted by Gasteiger charge is -2.20. The van der Waals surface area contributed by atoms with Gasteiger partial charge in [-0.25, -0.2) is 8.42 Å². The maximum absolute atomic E-state index is 11.3. The lowest BCUT2D eigenvalue weighted by Crippen LogP contribution is -2.38. The van der Waals surface area contributed by atoms with Crippen molar-refractivity contribution in [2.75, 3.05) is 6.26 Å². The summed E-state index contributed by atoms with van der Waals surface area (Å²) in [5.74, 6) is 5.31. The highest BCUT2D eigenvalue weighted by Crippen LogP contribution is 2.20. The van der Waals surface area contributed by atoms with Gasteiger partial charge in [-0.1, -0.05) is 0 Å². The van der Waals surface area contributed by atoms with Crippen molar-refractivity contribution in [3.05, 3.63) is 24.2 Å². The first-order valence-electron chi connectivity index (χ1n) is 4.14. The normalized spacial score (nSPS) is 16.5. The molecule has 0 bridgehead atoms. The smallest absolute Gasteiger partial charge is 0.151 e. The van der Waals surface area contributed by atoms with Crippen molar-refractivity contribution in [1.29, 1.82) is 0 Å². The molecule has 1 aromatic rings. The Labute approximate surface area is 83.2 Å². The summed E-state index contributed by atoms with van der Waals surface area (Å²) in [6.07, 6.45) is 4.14. The standard InChI is InChI=1S/C8H14N2O3S/c1-6(14(2,11)12)8(10-9)7-3-4-13-5-7/h3-6,8,10H,9H2,1-2H3. The number of hydrogen-bond donors (Lipinski definition) is 2. The zero-order valence-electron chi connectivity index (χ0n) is 8.10. The highest BCUT2D eigenvalue weighted by Gasteiger charge is 2.26. The van der Waals surface area contributed by atoms with Crippen LogP contribution in [0.25, 0.3) is 0 Å². The van der Waals surface area contributed by atoms with Crippen LogP contribution < -0.4 is 11.3 Å². The average Bonchev–Trinajstić information content (AvgIpc) is 2.57. The monoisotopic (exact) mass is 218 g/mol. The second-order valence-electron chi connectivity index (χ2n) is 3.24. The predicted octanol–water partition coefficient (Wildman–Crippen LogP) is 0.217. The van der Waals surface area contributed by atoms with Crippen LogP contribution in [0.3, 0.4) is 0 Å². The molecule has 0 saturated carbocycles. The van der Waals surface area contributed by atoms with Gasteiger partial charge in [-0.05, 0) is 13.0 Å². The molecule has 2 unspecified atom stereocenters. The van der Waals surface area contributed by atoms with Crippen molar-refractivity contribution in [3.63, 3.8) is 0 Å². The first-order chi connectivity index (χ1) is 6.46. The van der Waals surface area contributed by atoms with E-state index in [4.69, 9.17) is 10.3 Å². The van der Waals surface area contributed by atoms with E-state index < -0.39 is 21.1 Å². The van der Waals surface area contributed by atoms with Gasteiger partial charge in [0, 0.05) is 11.8 Å². The lowest BCUT2D eigenvalue weighted by molar-refractivity contribution is 0.502. The Morgan fingerprint density at radius 2 is 2.21 bits per heavy atom. The fourth-order valence-electron chi connectivity index (χ4n) is 1.20. The second-order valence-corrected chi connectivity index (χ2v) is 5.64. The van der Waals surface area contributed by atoms with Gasteiger partial charge >= 0.3 is 0 Å². The molecule has 1 aromatic heterocycles. The Hall–Kier alpha value is -0.850. The summed E-state index contributed by atoms with van der Waals surface area (Å²) >= 11 is 0. The minimum Gasteiger partial charge on any atom is -0.472 e. The predicted molar refractivity (Wildman–Crippen MR) is 53.1 cm³/mol. The van der Waals surface area contributed by atoms with Crippen molar-refractivity contribution < 1.29 is 12.8 Å². The molecule has 1 heterocycles. The Balaban J connectivity index is 2.94. The summed E-state index contributed by atoms with van der Waals surface area (Å²) in [5.41, 5.74) is 3.20. The van der Waals surface area contributed by atoms with Crippen LogP contribution in [-0.2, 0) is 9.84 Å². The summed E-state index contributed by atoms with van der Waals surface area (Å²) in [7, 11) is -3.12. The molecule has 0 aliphatic carbocycles. The first-order valence-corrected chi connectivity index (χ1v) is 6.09. The van der Waals surface area contributed by atoms with E-state index in [0.717, 1.165) is 5.56 Å². The molecule has 0 aliphatic heterocycles. The van der Waals surface area contributed by atoms with E-state index in [1.807, 2.05) is 0 Å². The third-order valence-electron chi connectivity index (χ3n) is 2.23. The molecule has 1 rings (SSSR count). The van der Waals surface area contributed by atoms with E-state index in [-0.39, 0.29) is 0 Å². The molecule has 2 atom stereocenters. The Morgan fingerprint density at radius 1 is 1.57 bits per heavy atom. The average molecular weight is 218 g/mol. The highest BCUT2D eigenvalue weighted by molar-refractivity contribution is 7.91. The molecule has 0 amide bonds. The van der Waals surface area contributed by atoms with E-state index >= 15 is 0 Å². The van der Waals surface area contributed by atoms with Crippen molar-refractivity contribution in [1.82, 2.24) is 5.43 Å². The fourth-order valence-corrected chi connectivity index (χ4v) is 1.93. The number of hydrazine groups is 1. The third kappa shape index (κ3) is 2.34. The minimum atomic E-state index is -3.12. The van der Waals surface area contributed by atoms with Crippen molar-refractivity contribution in [2.45, 2.75) is 18.2 Å². The largest absolute Gasteiger partial charge is 0.472 e. The summed E-state index contributed by atoms with van der Waals surface area (Å²) in [6, 6.07) is 1.25. The molecular formula is C8H14N2O3S. The third-order valence-corrected chi connectivity index (χ3v) is 3.85. The number of nitrogens with one attached hydrogen (secondary N) is 1. The number of hydrogen-bond acceptors (Lipinski definition) is 5. The number of nitrogens with two attached hydrogens (primary N) is 1. The number of furan rings is 1. The molecule has 80 valence electrons. The van der Waals surface area contributed by atoms with Gasteiger partial charge in [-0.15, -0.1) is 0 Å². The molecule has 6 heteroatoms. The van der Waals surface area contributed by atoms with E-state index in [0.29, 0.717) is 0 Å². The van der Waals surface area contributed by atoms with Crippen molar-refractivity contribution in [2.24, 2.45) is 5.84 Å². The molecule has 0 aromatic carbocycles. The van der Waals surface area contributed by atoms with Crippen LogP contribution in [-0.4, -0.2) is 19.9 Å². The van der Waals surface area contributed by atoms with Crippen LogP contribution in [0.2, 0.25) is 0 Å². The summed E-state index contributed by atoms with van der Waals surface area (Å²) in [6.45, 7) is 1.60. The number of sulfone groups is 1. The molecule has 5 nitrogen and oxygen atoms in total. The molecular weight excluding hydrogens is 204 g/mol. The van der Waals surface area contributed by atoms with Crippen LogP contribution in [0.4, 0.5) is 0 Å². The first kappa shape index (κ1) is 11.2. The zero-order chi connectivity index (χ0) is 10.8. The molecule has 0 saturated heterocycles. The van der Waals surface area contributed by atoms with Crippen LogP contribution in [0.1, 0.15) is 18.5 Å². The van der Waals surface area contributed by atoms with Gasteiger partial charge in [0.05, 0.1) is 23.8 Å². The Morgan fingerprint density at radius 3 is 2.57 bits per heavy atom. The topological polar surface area (TPSA) is 85.3 Å².